The Hall–Kier alpha value is -1.52. The van der Waals surface area contributed by atoms with Crippen molar-refractivity contribution in [2.24, 2.45) is 0 Å². The van der Waals surface area contributed by atoms with Crippen LogP contribution in [0.15, 0.2) is 40.5 Å². The van der Waals surface area contributed by atoms with Crippen molar-refractivity contribution >= 4 is 40.8 Å². The number of amidine groups is 1. The fourth-order valence-electron chi connectivity index (χ4n) is 1.40. The number of carbonyl (C=O) groups is 1. The van der Waals surface area contributed by atoms with Gasteiger partial charge < -0.3 is 5.32 Å². The number of para-hydroxylation sites is 1. The molecular weight excluding hydrogens is 249 g/mol. The van der Waals surface area contributed by atoms with Gasteiger partial charge in [-0.3, -0.25) is 5.41 Å². The molecule has 1 saturated heterocycles. The third kappa shape index (κ3) is 1.77. The molecule has 16 heavy (non-hydrogen) atoms. The van der Waals surface area contributed by atoms with E-state index in [1.54, 1.807) is 24.3 Å². The average molecular weight is 256 g/mol. The second kappa shape index (κ2) is 4.15. The summed E-state index contributed by atoms with van der Waals surface area (Å²) in [6.07, 6.45) is 0. The Kier molecular flexibility index (Phi) is 2.85. The summed E-state index contributed by atoms with van der Waals surface area (Å²) in [5, 5.41) is 10.2. The molecule has 1 aliphatic heterocycles. The number of hydrogen-bond donors (Lipinski definition) is 2. The topological polar surface area (TPSA) is 56.2 Å². The van der Waals surface area contributed by atoms with Gasteiger partial charge in [-0.15, -0.1) is 0 Å². The minimum absolute atomic E-state index is 0.0591. The van der Waals surface area contributed by atoms with Crippen LogP contribution in [-0.2, 0) is 0 Å². The van der Waals surface area contributed by atoms with Gasteiger partial charge in [-0.1, -0.05) is 41.4 Å². The standard InChI is InChI=1S/C10H7Cl2N3O/c11-8(12)7-9(13)15(10(16)14-7)6-4-2-1-3-5-6/h1-5,13H,(H,14,16). The lowest BCUT2D eigenvalue weighted by Crippen LogP contribution is -2.30. The fraction of sp³-hybridized carbons (Fsp3) is 0. The number of carbonyl (C=O) groups excluding carboxylic acids is 1. The lowest BCUT2D eigenvalue weighted by Gasteiger charge is -2.13. The van der Waals surface area contributed by atoms with Crippen molar-refractivity contribution in [1.29, 1.82) is 5.41 Å². The first-order valence-electron chi connectivity index (χ1n) is 4.41. The molecule has 1 aromatic rings. The van der Waals surface area contributed by atoms with E-state index < -0.39 is 6.03 Å². The van der Waals surface area contributed by atoms with Gasteiger partial charge in [-0.2, -0.15) is 0 Å². The smallest absolute Gasteiger partial charge is 0.302 e. The number of amides is 2. The van der Waals surface area contributed by atoms with Crippen LogP contribution >= 0.6 is 23.2 Å². The Morgan fingerprint density at radius 1 is 1.25 bits per heavy atom. The highest BCUT2D eigenvalue weighted by atomic mass is 35.5. The number of halogens is 2. The van der Waals surface area contributed by atoms with E-state index in [1.165, 1.54) is 4.90 Å². The molecule has 1 aromatic carbocycles. The molecule has 0 saturated carbocycles. The van der Waals surface area contributed by atoms with E-state index in [2.05, 4.69) is 5.32 Å². The average Bonchev–Trinajstić information content (AvgIpc) is 2.56. The molecule has 0 bridgehead atoms. The van der Waals surface area contributed by atoms with Crippen molar-refractivity contribution in [2.75, 3.05) is 4.90 Å². The van der Waals surface area contributed by atoms with Crippen LogP contribution in [-0.4, -0.2) is 11.9 Å². The highest BCUT2D eigenvalue weighted by Crippen LogP contribution is 2.24. The molecule has 2 amide bonds. The second-order valence-electron chi connectivity index (χ2n) is 3.09. The van der Waals surface area contributed by atoms with E-state index in [0.29, 0.717) is 5.69 Å². The van der Waals surface area contributed by atoms with Crippen molar-refractivity contribution in [1.82, 2.24) is 5.32 Å². The molecule has 0 spiro atoms. The van der Waals surface area contributed by atoms with E-state index in [9.17, 15) is 4.79 Å². The zero-order valence-corrected chi connectivity index (χ0v) is 9.51. The third-order valence-corrected chi connectivity index (χ3v) is 2.48. The van der Waals surface area contributed by atoms with Crippen molar-refractivity contribution in [3.63, 3.8) is 0 Å². The summed E-state index contributed by atoms with van der Waals surface area (Å²) in [7, 11) is 0. The van der Waals surface area contributed by atoms with Crippen LogP contribution in [0.2, 0.25) is 0 Å². The van der Waals surface area contributed by atoms with E-state index >= 15 is 0 Å². The summed E-state index contributed by atoms with van der Waals surface area (Å²) in [5.74, 6) is -0.0591. The van der Waals surface area contributed by atoms with Crippen molar-refractivity contribution in [3.05, 3.63) is 40.5 Å². The van der Waals surface area contributed by atoms with Crippen LogP contribution < -0.4 is 10.2 Å². The Bertz CT molecular complexity index is 480. The maximum absolute atomic E-state index is 11.6. The van der Waals surface area contributed by atoms with Crippen LogP contribution in [0.1, 0.15) is 0 Å². The Labute approximate surface area is 102 Å². The number of urea groups is 1. The molecule has 0 aromatic heterocycles. The summed E-state index contributed by atoms with van der Waals surface area (Å²) in [5.41, 5.74) is 0.715. The number of anilines is 1. The Balaban J connectivity index is 2.42. The van der Waals surface area contributed by atoms with Crippen molar-refractivity contribution in [2.45, 2.75) is 0 Å². The SMILES string of the molecule is N=C1C(=C(Cl)Cl)NC(=O)N1c1ccccc1. The Morgan fingerprint density at radius 2 is 1.88 bits per heavy atom. The lowest BCUT2D eigenvalue weighted by atomic mass is 10.3. The first kappa shape index (κ1) is 11.0. The maximum Gasteiger partial charge on any atom is 0.332 e. The highest BCUT2D eigenvalue weighted by Gasteiger charge is 2.33. The summed E-state index contributed by atoms with van der Waals surface area (Å²) in [6.45, 7) is 0. The summed E-state index contributed by atoms with van der Waals surface area (Å²) < 4.78 is -0.128. The molecule has 6 heteroatoms. The molecular formula is C10H7Cl2N3O. The molecule has 4 nitrogen and oxygen atoms in total. The molecule has 1 fully saturated rings. The fourth-order valence-corrected chi connectivity index (χ4v) is 1.67. The van der Waals surface area contributed by atoms with E-state index in [4.69, 9.17) is 28.6 Å². The zero-order chi connectivity index (χ0) is 11.7. The number of benzene rings is 1. The van der Waals surface area contributed by atoms with Gasteiger partial charge in [-0.25, -0.2) is 9.69 Å². The molecule has 2 rings (SSSR count). The summed E-state index contributed by atoms with van der Waals surface area (Å²) in [6, 6.07) is 8.38. The number of hydrogen-bond acceptors (Lipinski definition) is 2. The molecule has 0 radical (unpaired) electrons. The third-order valence-electron chi connectivity index (χ3n) is 2.10. The first-order valence-corrected chi connectivity index (χ1v) is 5.17. The van der Waals surface area contributed by atoms with Crippen LogP contribution in [0.3, 0.4) is 0 Å². The molecule has 0 atom stereocenters. The van der Waals surface area contributed by atoms with Crippen molar-refractivity contribution < 1.29 is 4.79 Å². The van der Waals surface area contributed by atoms with Crippen LogP contribution in [0.5, 0.6) is 0 Å². The largest absolute Gasteiger partial charge is 0.332 e. The monoisotopic (exact) mass is 255 g/mol. The van der Waals surface area contributed by atoms with Crippen LogP contribution in [0.4, 0.5) is 10.5 Å². The predicted molar refractivity (Wildman–Crippen MR) is 63.9 cm³/mol. The van der Waals surface area contributed by atoms with Crippen LogP contribution in [0, 0.1) is 5.41 Å². The molecule has 0 unspecified atom stereocenters. The zero-order valence-electron chi connectivity index (χ0n) is 8.00. The normalized spacial score (nSPS) is 15.4. The number of rotatable bonds is 1. The summed E-state index contributed by atoms with van der Waals surface area (Å²) in [4.78, 5) is 12.8. The highest BCUT2D eigenvalue weighted by molar-refractivity contribution is 6.58. The van der Waals surface area contributed by atoms with Gasteiger partial charge in [0.05, 0.1) is 5.69 Å². The van der Waals surface area contributed by atoms with Gasteiger partial charge in [0, 0.05) is 0 Å². The van der Waals surface area contributed by atoms with Gasteiger partial charge >= 0.3 is 6.03 Å². The second-order valence-corrected chi connectivity index (χ2v) is 4.03. The molecule has 1 heterocycles. The van der Waals surface area contributed by atoms with Gasteiger partial charge in [0.25, 0.3) is 0 Å². The molecule has 0 aliphatic carbocycles. The minimum atomic E-state index is -0.440. The van der Waals surface area contributed by atoms with Gasteiger partial charge in [0.2, 0.25) is 0 Å². The summed E-state index contributed by atoms with van der Waals surface area (Å²) >= 11 is 11.1. The van der Waals surface area contributed by atoms with Gasteiger partial charge in [-0.05, 0) is 12.1 Å². The van der Waals surface area contributed by atoms with E-state index in [-0.39, 0.29) is 16.0 Å². The van der Waals surface area contributed by atoms with Gasteiger partial charge in [0.1, 0.15) is 10.2 Å². The minimum Gasteiger partial charge on any atom is -0.302 e. The van der Waals surface area contributed by atoms with Crippen molar-refractivity contribution in [3.8, 4) is 0 Å². The quantitative estimate of drug-likeness (QED) is 0.797. The number of nitrogens with zero attached hydrogens (tertiary/aromatic N) is 1. The van der Waals surface area contributed by atoms with Gasteiger partial charge in [0.15, 0.2) is 5.84 Å². The molecule has 1 aliphatic rings. The molecule has 82 valence electrons. The maximum atomic E-state index is 11.6. The molecule has 2 N–H and O–H groups in total. The predicted octanol–water partition coefficient (Wildman–Crippen LogP) is 2.84. The lowest BCUT2D eigenvalue weighted by molar-refractivity contribution is 0.253. The van der Waals surface area contributed by atoms with Crippen LogP contribution in [0.25, 0.3) is 0 Å². The number of nitrogens with one attached hydrogen (secondary N) is 2. The van der Waals surface area contributed by atoms with E-state index in [0.717, 1.165) is 0 Å². The Morgan fingerprint density at radius 3 is 2.38 bits per heavy atom. The first-order chi connectivity index (χ1) is 7.61. The van der Waals surface area contributed by atoms with E-state index in [1.807, 2.05) is 6.07 Å².